The molecular weight excluding hydrogens is 448 g/mol. The smallest absolute Gasteiger partial charge is 0.363 e. The molecule has 0 bridgehead atoms. The lowest BCUT2D eigenvalue weighted by Crippen LogP contribution is -2.21. The van der Waals surface area contributed by atoms with Crippen LogP contribution in [0.15, 0.2) is 120 Å². The third-order valence-corrected chi connectivity index (χ3v) is 5.86. The number of carbonyl (C=O) groups excluding carboxylic acids is 1. The average Bonchev–Trinajstić information content (AvgIpc) is 3.29. The molecule has 36 heavy (non-hydrogen) atoms. The highest BCUT2D eigenvalue weighted by Gasteiger charge is 2.24. The van der Waals surface area contributed by atoms with Gasteiger partial charge >= 0.3 is 5.97 Å². The third kappa shape index (κ3) is 5.53. The number of nitrogens with zero attached hydrogens (tertiary/aromatic N) is 2. The first-order chi connectivity index (χ1) is 17.7. The molecule has 0 aromatic heterocycles. The number of benzene rings is 4. The molecule has 0 N–H and O–H groups in total. The number of hydrogen-bond donors (Lipinski definition) is 0. The van der Waals surface area contributed by atoms with Crippen molar-refractivity contribution in [2.45, 2.75) is 13.5 Å². The second kappa shape index (κ2) is 10.7. The quantitative estimate of drug-likeness (QED) is 0.207. The molecule has 0 fully saturated rings. The minimum Gasteiger partial charge on any atom is -0.457 e. The number of esters is 1. The van der Waals surface area contributed by atoms with Crippen LogP contribution in [0.4, 0.5) is 5.69 Å². The summed E-state index contributed by atoms with van der Waals surface area (Å²) in [7, 11) is 0. The van der Waals surface area contributed by atoms with Crippen LogP contribution in [0.25, 0.3) is 6.08 Å². The van der Waals surface area contributed by atoms with Gasteiger partial charge in [-0.1, -0.05) is 60.7 Å². The molecule has 1 aliphatic heterocycles. The number of hydrogen-bond acceptors (Lipinski definition) is 5. The summed E-state index contributed by atoms with van der Waals surface area (Å²) in [6.07, 6.45) is 1.75. The van der Waals surface area contributed by atoms with Gasteiger partial charge in [-0.2, -0.15) is 0 Å². The number of rotatable bonds is 8. The zero-order valence-corrected chi connectivity index (χ0v) is 20.0. The predicted octanol–water partition coefficient (Wildman–Crippen LogP) is 6.85. The number of cyclic esters (lactones) is 1. The number of aliphatic imine (C=N–C) groups is 1. The fourth-order valence-corrected chi connectivity index (χ4v) is 3.95. The average molecular weight is 475 g/mol. The summed E-state index contributed by atoms with van der Waals surface area (Å²) in [5.74, 6) is 1.28. The number of ether oxygens (including phenoxy) is 2. The van der Waals surface area contributed by atoms with Crippen molar-refractivity contribution in [2.24, 2.45) is 4.99 Å². The Morgan fingerprint density at radius 3 is 2.11 bits per heavy atom. The lowest BCUT2D eigenvalue weighted by Gasteiger charge is -2.23. The standard InChI is InChI=1S/C31H26N2O3/c1-2-33(22-24-9-5-3-6-10-24)26-17-13-23(14-18-26)21-29-31(34)36-30(32-29)25-15-19-28(20-16-25)35-27-11-7-4-8-12-27/h3-21H,2,22H2,1H3. The van der Waals surface area contributed by atoms with Gasteiger partial charge in [-0.05, 0) is 72.7 Å². The Hall–Kier alpha value is -4.64. The van der Waals surface area contributed by atoms with Crippen molar-refractivity contribution in [1.29, 1.82) is 0 Å². The SMILES string of the molecule is CCN(Cc1ccccc1)c1ccc(C=C2N=C(c3ccc(Oc4ccccc4)cc3)OC2=O)cc1. The molecule has 0 saturated heterocycles. The van der Waals surface area contributed by atoms with E-state index in [9.17, 15) is 4.79 Å². The van der Waals surface area contributed by atoms with Gasteiger partial charge in [0.15, 0.2) is 5.70 Å². The highest BCUT2D eigenvalue weighted by Crippen LogP contribution is 2.25. The maximum absolute atomic E-state index is 12.5. The highest BCUT2D eigenvalue weighted by molar-refractivity contribution is 6.12. The number of para-hydroxylation sites is 1. The van der Waals surface area contributed by atoms with Gasteiger partial charge in [0.1, 0.15) is 11.5 Å². The maximum atomic E-state index is 12.5. The monoisotopic (exact) mass is 474 g/mol. The van der Waals surface area contributed by atoms with Crippen molar-refractivity contribution < 1.29 is 14.3 Å². The van der Waals surface area contributed by atoms with Crippen molar-refractivity contribution in [2.75, 3.05) is 11.4 Å². The predicted molar refractivity (Wildman–Crippen MR) is 143 cm³/mol. The Kier molecular flexibility index (Phi) is 6.90. The Labute approximate surface area is 211 Å². The molecular formula is C31H26N2O3. The van der Waals surface area contributed by atoms with E-state index in [-0.39, 0.29) is 11.6 Å². The molecule has 178 valence electrons. The molecule has 0 aliphatic carbocycles. The molecule has 5 heteroatoms. The van der Waals surface area contributed by atoms with Crippen LogP contribution in [-0.2, 0) is 16.1 Å². The molecule has 5 rings (SSSR count). The van der Waals surface area contributed by atoms with E-state index < -0.39 is 5.97 Å². The number of carbonyl (C=O) groups is 1. The maximum Gasteiger partial charge on any atom is 0.363 e. The van der Waals surface area contributed by atoms with Crippen LogP contribution in [0.1, 0.15) is 23.6 Å². The summed E-state index contributed by atoms with van der Waals surface area (Å²) in [5.41, 5.74) is 4.26. The van der Waals surface area contributed by atoms with Gasteiger partial charge in [0, 0.05) is 24.3 Å². The van der Waals surface area contributed by atoms with Crippen LogP contribution in [0.3, 0.4) is 0 Å². The van der Waals surface area contributed by atoms with E-state index in [0.717, 1.165) is 30.1 Å². The summed E-state index contributed by atoms with van der Waals surface area (Å²) in [6.45, 7) is 3.88. The first-order valence-electron chi connectivity index (χ1n) is 11.9. The van der Waals surface area contributed by atoms with Crippen molar-refractivity contribution in [1.82, 2.24) is 0 Å². The Bertz CT molecular complexity index is 1380. The van der Waals surface area contributed by atoms with Crippen LogP contribution in [0.2, 0.25) is 0 Å². The summed E-state index contributed by atoms with van der Waals surface area (Å²) >= 11 is 0. The zero-order valence-electron chi connectivity index (χ0n) is 20.0. The van der Waals surface area contributed by atoms with Crippen molar-refractivity contribution in [3.8, 4) is 11.5 Å². The molecule has 1 heterocycles. The van der Waals surface area contributed by atoms with Crippen LogP contribution >= 0.6 is 0 Å². The third-order valence-electron chi connectivity index (χ3n) is 5.86. The van der Waals surface area contributed by atoms with Crippen LogP contribution < -0.4 is 9.64 Å². The molecule has 5 nitrogen and oxygen atoms in total. The Balaban J connectivity index is 1.28. The summed E-state index contributed by atoms with van der Waals surface area (Å²) in [5, 5.41) is 0. The van der Waals surface area contributed by atoms with E-state index in [2.05, 4.69) is 53.2 Å². The molecule has 0 amide bonds. The van der Waals surface area contributed by atoms with Gasteiger partial charge in [-0.15, -0.1) is 0 Å². The summed E-state index contributed by atoms with van der Waals surface area (Å²) < 4.78 is 11.3. The van der Waals surface area contributed by atoms with Gasteiger partial charge in [0.2, 0.25) is 5.90 Å². The van der Waals surface area contributed by atoms with Gasteiger partial charge in [-0.25, -0.2) is 9.79 Å². The zero-order chi connectivity index (χ0) is 24.7. The molecule has 0 spiro atoms. The molecule has 0 atom stereocenters. The Morgan fingerprint density at radius 1 is 0.806 bits per heavy atom. The molecule has 0 saturated carbocycles. The Morgan fingerprint density at radius 2 is 1.44 bits per heavy atom. The molecule has 4 aromatic carbocycles. The van der Waals surface area contributed by atoms with Crippen molar-refractivity contribution in [3.63, 3.8) is 0 Å². The van der Waals surface area contributed by atoms with Gasteiger partial charge < -0.3 is 14.4 Å². The minimum atomic E-state index is -0.460. The van der Waals surface area contributed by atoms with E-state index in [1.165, 1.54) is 5.56 Å². The largest absolute Gasteiger partial charge is 0.457 e. The fourth-order valence-electron chi connectivity index (χ4n) is 3.95. The highest BCUT2D eigenvalue weighted by atomic mass is 16.6. The lowest BCUT2D eigenvalue weighted by atomic mass is 10.1. The first kappa shape index (κ1) is 23.1. The molecule has 0 unspecified atom stereocenters. The van der Waals surface area contributed by atoms with Crippen LogP contribution in [-0.4, -0.2) is 18.4 Å². The van der Waals surface area contributed by atoms with E-state index in [1.807, 2.05) is 72.8 Å². The molecule has 1 aliphatic rings. The van der Waals surface area contributed by atoms with Crippen molar-refractivity contribution >= 4 is 23.6 Å². The summed E-state index contributed by atoms with van der Waals surface area (Å²) in [4.78, 5) is 19.2. The normalized spacial score (nSPS) is 13.9. The van der Waals surface area contributed by atoms with E-state index in [4.69, 9.17) is 9.47 Å². The topological polar surface area (TPSA) is 51.1 Å². The molecule has 0 radical (unpaired) electrons. The van der Waals surface area contributed by atoms with E-state index in [0.29, 0.717) is 11.3 Å². The lowest BCUT2D eigenvalue weighted by molar-refractivity contribution is -0.129. The van der Waals surface area contributed by atoms with E-state index in [1.54, 1.807) is 6.08 Å². The first-order valence-corrected chi connectivity index (χ1v) is 11.9. The van der Waals surface area contributed by atoms with Gasteiger partial charge in [-0.3, -0.25) is 0 Å². The van der Waals surface area contributed by atoms with E-state index >= 15 is 0 Å². The second-order valence-electron chi connectivity index (χ2n) is 8.37. The minimum absolute atomic E-state index is 0.277. The summed E-state index contributed by atoms with van der Waals surface area (Å²) in [6, 6.07) is 35.4. The molecule has 4 aromatic rings. The van der Waals surface area contributed by atoms with Crippen LogP contribution in [0.5, 0.6) is 11.5 Å². The number of anilines is 1. The van der Waals surface area contributed by atoms with Crippen molar-refractivity contribution in [3.05, 3.63) is 132 Å². The van der Waals surface area contributed by atoms with Gasteiger partial charge in [0.25, 0.3) is 0 Å². The van der Waals surface area contributed by atoms with Crippen LogP contribution in [0, 0.1) is 0 Å². The second-order valence-corrected chi connectivity index (χ2v) is 8.37. The fraction of sp³-hybridized carbons (Fsp3) is 0.0968. The van der Waals surface area contributed by atoms with Gasteiger partial charge in [0.05, 0.1) is 0 Å².